The Kier molecular flexibility index (Phi) is 5.08. The zero-order valence-electron chi connectivity index (χ0n) is 10.3. The van der Waals surface area contributed by atoms with Gasteiger partial charge in [-0.2, -0.15) is 0 Å². The Morgan fingerprint density at radius 3 is 2.38 bits per heavy atom. The van der Waals surface area contributed by atoms with Crippen molar-refractivity contribution in [1.29, 1.82) is 0 Å². The third kappa shape index (κ3) is 3.12. The van der Waals surface area contributed by atoms with E-state index in [-0.39, 0.29) is 18.2 Å². The zero-order valence-corrected chi connectivity index (χ0v) is 10.3. The highest BCUT2D eigenvalue weighted by atomic mass is 19.3. The first-order valence-corrected chi connectivity index (χ1v) is 5.64. The van der Waals surface area contributed by atoms with Crippen molar-refractivity contribution in [3.05, 3.63) is 0 Å². The molecule has 1 fully saturated rings. The van der Waals surface area contributed by atoms with Crippen LogP contribution in [0.5, 0.6) is 0 Å². The minimum absolute atomic E-state index is 0.164. The van der Waals surface area contributed by atoms with E-state index in [0.717, 1.165) is 13.0 Å². The monoisotopic (exact) mass is 237 g/mol. The average Bonchev–Trinajstić information content (AvgIpc) is 2.55. The maximum atomic E-state index is 13.0. The van der Waals surface area contributed by atoms with Crippen LogP contribution in [0.25, 0.3) is 0 Å². The predicted octanol–water partition coefficient (Wildman–Crippen LogP) is 1.76. The lowest BCUT2D eigenvalue weighted by molar-refractivity contribution is -0.128. The van der Waals surface area contributed by atoms with E-state index < -0.39 is 12.5 Å². The van der Waals surface area contributed by atoms with Gasteiger partial charge in [-0.3, -0.25) is 4.90 Å². The minimum atomic E-state index is -2.48. The summed E-state index contributed by atoms with van der Waals surface area (Å²) < 4.78 is 36.6. The average molecular weight is 237 g/mol. The zero-order chi connectivity index (χ0) is 12.3. The highest BCUT2D eigenvalue weighted by molar-refractivity contribution is 4.93. The third-order valence-electron chi connectivity index (χ3n) is 2.97. The van der Waals surface area contributed by atoms with Crippen LogP contribution in [-0.4, -0.2) is 56.4 Å². The second kappa shape index (κ2) is 5.89. The second-order valence-electron chi connectivity index (χ2n) is 4.52. The van der Waals surface area contributed by atoms with Gasteiger partial charge in [0.05, 0.1) is 18.2 Å². The Balaban J connectivity index is 2.74. The molecule has 96 valence electrons. The second-order valence-corrected chi connectivity index (χ2v) is 4.52. The van der Waals surface area contributed by atoms with E-state index in [4.69, 9.17) is 9.47 Å². The Hall–Kier alpha value is -0.260. The van der Waals surface area contributed by atoms with Gasteiger partial charge in [-0.1, -0.05) is 0 Å². The van der Waals surface area contributed by atoms with Crippen molar-refractivity contribution in [2.45, 2.75) is 51.0 Å². The van der Waals surface area contributed by atoms with Gasteiger partial charge in [0, 0.05) is 13.7 Å². The minimum Gasteiger partial charge on any atom is -0.380 e. The summed E-state index contributed by atoms with van der Waals surface area (Å²) in [5.74, 6) is 0. The molecule has 5 heteroatoms. The highest BCUT2D eigenvalue weighted by Gasteiger charge is 2.43. The van der Waals surface area contributed by atoms with Crippen molar-refractivity contribution in [3.63, 3.8) is 0 Å². The fourth-order valence-corrected chi connectivity index (χ4v) is 2.26. The van der Waals surface area contributed by atoms with Gasteiger partial charge in [0.25, 0.3) is 6.43 Å². The van der Waals surface area contributed by atoms with Crippen LogP contribution in [0.15, 0.2) is 0 Å². The smallest absolute Gasteiger partial charge is 0.266 e. The fourth-order valence-electron chi connectivity index (χ4n) is 2.26. The van der Waals surface area contributed by atoms with Crippen molar-refractivity contribution in [1.82, 2.24) is 4.90 Å². The third-order valence-corrected chi connectivity index (χ3v) is 2.97. The Morgan fingerprint density at radius 1 is 1.31 bits per heavy atom. The molecule has 1 saturated heterocycles. The first-order valence-electron chi connectivity index (χ1n) is 5.64. The lowest BCUT2D eigenvalue weighted by Gasteiger charge is -2.32. The van der Waals surface area contributed by atoms with Crippen molar-refractivity contribution in [3.8, 4) is 0 Å². The van der Waals surface area contributed by atoms with Crippen LogP contribution >= 0.6 is 0 Å². The molecule has 0 radical (unpaired) electrons. The number of hydrogen-bond acceptors (Lipinski definition) is 3. The molecule has 1 aliphatic heterocycles. The molecule has 3 atom stereocenters. The molecule has 0 bridgehead atoms. The van der Waals surface area contributed by atoms with Gasteiger partial charge in [0.2, 0.25) is 0 Å². The van der Waals surface area contributed by atoms with E-state index >= 15 is 0 Å². The van der Waals surface area contributed by atoms with E-state index in [1.54, 1.807) is 21.0 Å². The van der Waals surface area contributed by atoms with Gasteiger partial charge in [-0.15, -0.1) is 0 Å². The van der Waals surface area contributed by atoms with Crippen molar-refractivity contribution in [2.75, 3.05) is 20.7 Å². The number of likely N-dealkylation sites (N-methyl/N-ethyl adjacent to an activating group) is 1. The van der Waals surface area contributed by atoms with Gasteiger partial charge in [-0.25, -0.2) is 8.78 Å². The Bertz CT molecular complexity index is 214. The molecular formula is C11H21F2NO2. The van der Waals surface area contributed by atoms with Crippen molar-refractivity contribution in [2.24, 2.45) is 0 Å². The molecular weight excluding hydrogens is 216 g/mol. The largest absolute Gasteiger partial charge is 0.380 e. The summed E-state index contributed by atoms with van der Waals surface area (Å²) in [5, 5.41) is 0. The molecule has 3 nitrogen and oxygen atoms in total. The molecule has 0 amide bonds. The van der Waals surface area contributed by atoms with Crippen LogP contribution in [0.2, 0.25) is 0 Å². The lowest BCUT2D eigenvalue weighted by atomic mass is 10.1. The number of halogens is 2. The lowest BCUT2D eigenvalue weighted by Crippen LogP contribution is -2.49. The summed E-state index contributed by atoms with van der Waals surface area (Å²) in [4.78, 5) is 1.90. The summed E-state index contributed by atoms with van der Waals surface area (Å²) in [6.45, 7) is 4.31. The van der Waals surface area contributed by atoms with Gasteiger partial charge >= 0.3 is 0 Å². The van der Waals surface area contributed by atoms with Crippen molar-refractivity contribution < 1.29 is 18.3 Å². The molecule has 0 N–H and O–H groups in total. The summed E-state index contributed by atoms with van der Waals surface area (Å²) in [7, 11) is 3.40. The quantitative estimate of drug-likeness (QED) is 0.727. The molecule has 0 saturated carbocycles. The number of hydrogen-bond donors (Lipinski definition) is 0. The fraction of sp³-hybridized carbons (Fsp3) is 1.00. The van der Waals surface area contributed by atoms with Gasteiger partial charge in [-0.05, 0) is 27.3 Å². The molecule has 0 aromatic heterocycles. The predicted molar refractivity (Wildman–Crippen MR) is 57.8 cm³/mol. The first-order chi connectivity index (χ1) is 7.47. The first kappa shape index (κ1) is 13.8. The van der Waals surface area contributed by atoms with Crippen LogP contribution < -0.4 is 0 Å². The molecule has 1 aliphatic rings. The van der Waals surface area contributed by atoms with Crippen LogP contribution in [0, 0.1) is 0 Å². The van der Waals surface area contributed by atoms with Gasteiger partial charge < -0.3 is 9.47 Å². The van der Waals surface area contributed by atoms with Gasteiger partial charge in [0.15, 0.2) is 0 Å². The highest BCUT2D eigenvalue weighted by Crippen LogP contribution is 2.27. The van der Waals surface area contributed by atoms with Crippen LogP contribution in [0.1, 0.15) is 20.3 Å². The van der Waals surface area contributed by atoms with Gasteiger partial charge in [0.1, 0.15) is 6.10 Å². The standard InChI is InChI=1S/C11H21F2NO2/c1-7(2)16-10(11(12)13)9-8(15-4)5-6-14(9)3/h7-11H,5-6H2,1-4H3/t8-,9?,10?/m0/s1. The number of nitrogens with zero attached hydrogens (tertiary/aromatic N) is 1. The molecule has 16 heavy (non-hydrogen) atoms. The molecule has 1 heterocycles. The normalized spacial score (nSPS) is 29.2. The molecule has 0 aromatic carbocycles. The van der Waals surface area contributed by atoms with E-state index in [9.17, 15) is 8.78 Å². The van der Waals surface area contributed by atoms with Crippen LogP contribution in [0.3, 0.4) is 0 Å². The topological polar surface area (TPSA) is 21.7 Å². The molecule has 0 aromatic rings. The Morgan fingerprint density at radius 2 is 1.94 bits per heavy atom. The number of rotatable bonds is 5. The molecule has 1 rings (SSSR count). The molecule has 0 spiro atoms. The van der Waals surface area contributed by atoms with E-state index in [0.29, 0.717) is 0 Å². The van der Waals surface area contributed by atoms with Crippen LogP contribution in [-0.2, 0) is 9.47 Å². The van der Waals surface area contributed by atoms with E-state index in [1.807, 2.05) is 11.9 Å². The number of ether oxygens (including phenoxy) is 2. The number of methoxy groups -OCH3 is 1. The summed E-state index contributed by atoms with van der Waals surface area (Å²) in [5.41, 5.74) is 0. The SMILES string of the molecule is CO[C@H]1CCN(C)C1C(OC(C)C)C(F)F. The van der Waals surface area contributed by atoms with Crippen LogP contribution in [0.4, 0.5) is 8.78 Å². The van der Waals surface area contributed by atoms with E-state index in [2.05, 4.69) is 0 Å². The van der Waals surface area contributed by atoms with Crippen molar-refractivity contribution >= 4 is 0 Å². The maximum absolute atomic E-state index is 13.0. The Labute approximate surface area is 95.7 Å². The summed E-state index contributed by atoms with van der Waals surface area (Å²) >= 11 is 0. The number of likely N-dealkylation sites (tertiary alicyclic amines) is 1. The number of alkyl halides is 2. The van der Waals surface area contributed by atoms with E-state index in [1.165, 1.54) is 0 Å². The molecule has 0 aliphatic carbocycles. The maximum Gasteiger partial charge on any atom is 0.266 e. The summed E-state index contributed by atoms with van der Waals surface area (Å²) in [6.07, 6.45) is -3.14. The molecule has 2 unspecified atom stereocenters. The summed E-state index contributed by atoms with van der Waals surface area (Å²) in [6, 6.07) is -0.354.